The molecule has 0 unspecified atom stereocenters. The number of anilines is 1. The van der Waals surface area contributed by atoms with Crippen molar-refractivity contribution in [3.63, 3.8) is 0 Å². The molecule has 1 amide bonds. The molecule has 0 saturated heterocycles. The first-order valence-electron chi connectivity index (χ1n) is 6.95. The molecule has 0 fully saturated rings. The summed E-state index contributed by atoms with van der Waals surface area (Å²) < 4.78 is 5.47. The third-order valence-corrected chi connectivity index (χ3v) is 2.93. The Morgan fingerprint density at radius 3 is 2.70 bits per heavy atom. The molecule has 0 saturated carbocycles. The van der Waals surface area contributed by atoms with Crippen LogP contribution in [-0.4, -0.2) is 48.3 Å². The molecular weight excluding hydrogens is 256 g/mol. The van der Waals surface area contributed by atoms with E-state index in [2.05, 4.69) is 5.32 Å². The van der Waals surface area contributed by atoms with Gasteiger partial charge in [-0.25, -0.2) is 0 Å². The Balaban J connectivity index is 2.65. The van der Waals surface area contributed by atoms with E-state index in [4.69, 9.17) is 9.84 Å². The predicted molar refractivity (Wildman–Crippen MR) is 80.0 cm³/mol. The topological polar surface area (TPSA) is 61.8 Å². The average molecular weight is 280 g/mol. The summed E-state index contributed by atoms with van der Waals surface area (Å²) in [5, 5.41) is 11.9. The molecule has 0 radical (unpaired) electrons. The number of aliphatic hydroxyl groups is 1. The SMILES string of the molecule is CCOc1ccccc1NC(=O)CN(CCO)C(C)C. The maximum absolute atomic E-state index is 12.1. The van der Waals surface area contributed by atoms with Crippen molar-refractivity contribution < 1.29 is 14.6 Å². The van der Waals surface area contributed by atoms with Crippen LogP contribution in [0.2, 0.25) is 0 Å². The number of hydrogen-bond acceptors (Lipinski definition) is 4. The van der Waals surface area contributed by atoms with Gasteiger partial charge < -0.3 is 15.2 Å². The fourth-order valence-corrected chi connectivity index (χ4v) is 1.87. The van der Waals surface area contributed by atoms with Gasteiger partial charge in [0.15, 0.2) is 0 Å². The molecule has 0 heterocycles. The van der Waals surface area contributed by atoms with E-state index in [0.29, 0.717) is 24.6 Å². The van der Waals surface area contributed by atoms with Crippen LogP contribution in [0.25, 0.3) is 0 Å². The van der Waals surface area contributed by atoms with Gasteiger partial charge >= 0.3 is 0 Å². The second-order valence-corrected chi connectivity index (χ2v) is 4.77. The number of hydrogen-bond donors (Lipinski definition) is 2. The Bertz CT molecular complexity index is 421. The lowest BCUT2D eigenvalue weighted by atomic mass is 10.2. The molecule has 0 atom stereocenters. The molecule has 0 aliphatic rings. The van der Waals surface area contributed by atoms with Gasteiger partial charge in [0.1, 0.15) is 5.75 Å². The lowest BCUT2D eigenvalue weighted by Crippen LogP contribution is -2.39. The van der Waals surface area contributed by atoms with Gasteiger partial charge in [-0.15, -0.1) is 0 Å². The number of nitrogens with zero attached hydrogens (tertiary/aromatic N) is 1. The maximum Gasteiger partial charge on any atom is 0.238 e. The van der Waals surface area contributed by atoms with Crippen molar-refractivity contribution in [2.75, 3.05) is 31.6 Å². The molecule has 1 aromatic carbocycles. The molecule has 112 valence electrons. The summed E-state index contributed by atoms with van der Waals surface area (Å²) in [5.41, 5.74) is 0.673. The highest BCUT2D eigenvalue weighted by Gasteiger charge is 2.14. The first kappa shape index (κ1) is 16.5. The molecule has 0 spiro atoms. The van der Waals surface area contributed by atoms with E-state index >= 15 is 0 Å². The minimum atomic E-state index is -0.112. The van der Waals surface area contributed by atoms with Crippen molar-refractivity contribution in [3.8, 4) is 5.75 Å². The summed E-state index contributed by atoms with van der Waals surface area (Å²) in [6.45, 7) is 7.22. The maximum atomic E-state index is 12.1. The number of carbonyl (C=O) groups excluding carboxylic acids is 1. The van der Waals surface area contributed by atoms with Gasteiger partial charge in [-0.3, -0.25) is 9.69 Å². The lowest BCUT2D eigenvalue weighted by Gasteiger charge is -2.24. The van der Waals surface area contributed by atoms with Crippen molar-refractivity contribution in [3.05, 3.63) is 24.3 Å². The van der Waals surface area contributed by atoms with Gasteiger partial charge in [-0.2, -0.15) is 0 Å². The highest BCUT2D eigenvalue weighted by molar-refractivity contribution is 5.93. The fraction of sp³-hybridized carbons (Fsp3) is 0.533. The normalized spacial score (nSPS) is 10.9. The minimum Gasteiger partial charge on any atom is -0.492 e. The summed E-state index contributed by atoms with van der Waals surface area (Å²) >= 11 is 0. The van der Waals surface area contributed by atoms with Gasteiger partial charge in [0.25, 0.3) is 0 Å². The van der Waals surface area contributed by atoms with E-state index in [-0.39, 0.29) is 25.1 Å². The van der Waals surface area contributed by atoms with Crippen LogP contribution in [0.1, 0.15) is 20.8 Å². The average Bonchev–Trinajstić information content (AvgIpc) is 2.40. The number of amides is 1. The van der Waals surface area contributed by atoms with Crippen LogP contribution in [0.4, 0.5) is 5.69 Å². The summed E-state index contributed by atoms with van der Waals surface area (Å²) in [7, 11) is 0. The molecule has 0 aliphatic heterocycles. The van der Waals surface area contributed by atoms with Crippen molar-refractivity contribution in [2.24, 2.45) is 0 Å². The standard InChI is InChI=1S/C15H24N2O3/c1-4-20-14-8-6-5-7-13(14)16-15(19)11-17(9-10-18)12(2)3/h5-8,12,18H,4,9-11H2,1-3H3,(H,16,19). The van der Waals surface area contributed by atoms with Gasteiger partial charge in [0.05, 0.1) is 25.4 Å². The summed E-state index contributed by atoms with van der Waals surface area (Å²) in [5.74, 6) is 0.556. The molecule has 1 aromatic rings. The number of carbonyl (C=O) groups is 1. The number of rotatable bonds is 8. The molecule has 1 rings (SSSR count). The summed E-state index contributed by atoms with van der Waals surface area (Å²) in [6.07, 6.45) is 0. The smallest absolute Gasteiger partial charge is 0.238 e. The Labute approximate surface area is 120 Å². The van der Waals surface area contributed by atoms with Crippen LogP contribution in [-0.2, 0) is 4.79 Å². The first-order chi connectivity index (χ1) is 9.58. The minimum absolute atomic E-state index is 0.0427. The van der Waals surface area contributed by atoms with E-state index in [1.54, 1.807) is 0 Å². The van der Waals surface area contributed by atoms with E-state index < -0.39 is 0 Å². The van der Waals surface area contributed by atoms with Gasteiger partial charge in [0, 0.05) is 12.6 Å². The fourth-order valence-electron chi connectivity index (χ4n) is 1.87. The second kappa shape index (κ2) is 8.55. The molecule has 0 aliphatic carbocycles. The molecule has 0 aromatic heterocycles. The number of benzene rings is 1. The number of ether oxygens (including phenoxy) is 1. The monoisotopic (exact) mass is 280 g/mol. The Kier molecular flexibility index (Phi) is 7.04. The number of nitrogens with one attached hydrogen (secondary N) is 1. The van der Waals surface area contributed by atoms with Crippen molar-refractivity contribution in [2.45, 2.75) is 26.8 Å². The second-order valence-electron chi connectivity index (χ2n) is 4.77. The third kappa shape index (κ3) is 5.19. The lowest BCUT2D eigenvalue weighted by molar-refractivity contribution is -0.117. The molecule has 5 nitrogen and oxygen atoms in total. The van der Waals surface area contributed by atoms with Gasteiger partial charge in [0.2, 0.25) is 5.91 Å². The van der Waals surface area contributed by atoms with E-state index in [0.717, 1.165) is 0 Å². The molecular formula is C15H24N2O3. The highest BCUT2D eigenvalue weighted by atomic mass is 16.5. The van der Waals surface area contributed by atoms with E-state index in [1.165, 1.54) is 0 Å². The first-order valence-corrected chi connectivity index (χ1v) is 6.95. The van der Waals surface area contributed by atoms with Crippen molar-refractivity contribution in [1.82, 2.24) is 4.90 Å². The zero-order chi connectivity index (χ0) is 15.0. The number of para-hydroxylation sites is 2. The van der Waals surface area contributed by atoms with Crippen LogP contribution >= 0.6 is 0 Å². The Morgan fingerprint density at radius 1 is 1.40 bits per heavy atom. The third-order valence-electron chi connectivity index (χ3n) is 2.93. The van der Waals surface area contributed by atoms with E-state index in [9.17, 15) is 4.79 Å². The molecule has 0 bridgehead atoms. The van der Waals surface area contributed by atoms with Crippen molar-refractivity contribution >= 4 is 11.6 Å². The molecule has 5 heteroatoms. The zero-order valence-electron chi connectivity index (χ0n) is 12.4. The van der Waals surface area contributed by atoms with Gasteiger partial charge in [-0.1, -0.05) is 12.1 Å². The molecule has 20 heavy (non-hydrogen) atoms. The summed E-state index contributed by atoms with van der Waals surface area (Å²) in [6, 6.07) is 7.57. The van der Waals surface area contributed by atoms with Crippen LogP contribution in [0.5, 0.6) is 5.75 Å². The highest BCUT2D eigenvalue weighted by Crippen LogP contribution is 2.23. The van der Waals surface area contributed by atoms with Crippen LogP contribution in [0, 0.1) is 0 Å². The summed E-state index contributed by atoms with van der Waals surface area (Å²) in [4.78, 5) is 14.0. The zero-order valence-corrected chi connectivity index (χ0v) is 12.4. The van der Waals surface area contributed by atoms with Gasteiger partial charge in [-0.05, 0) is 32.9 Å². The van der Waals surface area contributed by atoms with E-state index in [1.807, 2.05) is 49.9 Å². The van der Waals surface area contributed by atoms with Crippen LogP contribution in [0.3, 0.4) is 0 Å². The quantitative estimate of drug-likeness (QED) is 0.761. The Hall–Kier alpha value is -1.59. The molecule has 2 N–H and O–H groups in total. The van der Waals surface area contributed by atoms with Crippen LogP contribution in [0.15, 0.2) is 24.3 Å². The predicted octanol–water partition coefficient (Wildman–Crippen LogP) is 1.73. The Morgan fingerprint density at radius 2 is 2.10 bits per heavy atom. The number of aliphatic hydroxyl groups excluding tert-OH is 1. The van der Waals surface area contributed by atoms with Crippen LogP contribution < -0.4 is 10.1 Å². The largest absolute Gasteiger partial charge is 0.492 e. The van der Waals surface area contributed by atoms with Crippen molar-refractivity contribution in [1.29, 1.82) is 0 Å².